The van der Waals surface area contributed by atoms with Crippen LogP contribution in [0, 0.1) is 0 Å². The second-order valence-corrected chi connectivity index (χ2v) is 7.90. The molecule has 2 aliphatic heterocycles. The number of amides is 2. The van der Waals surface area contributed by atoms with Gasteiger partial charge in [-0.3, -0.25) is 14.5 Å². The molecule has 1 aromatic rings. The number of hydrogen-bond donors (Lipinski definition) is 1. The van der Waals surface area contributed by atoms with Crippen molar-refractivity contribution in [3.63, 3.8) is 0 Å². The first-order chi connectivity index (χ1) is 13.9. The fraction of sp³-hybridized carbons (Fsp3) is 0.619. The Morgan fingerprint density at radius 3 is 2.34 bits per heavy atom. The third-order valence-corrected chi connectivity index (χ3v) is 5.19. The van der Waals surface area contributed by atoms with Crippen LogP contribution in [0.2, 0.25) is 0 Å². The van der Waals surface area contributed by atoms with Gasteiger partial charge in [0.2, 0.25) is 11.8 Å². The summed E-state index contributed by atoms with van der Waals surface area (Å²) in [7, 11) is 1.66. The highest BCUT2D eigenvalue weighted by Gasteiger charge is 2.25. The van der Waals surface area contributed by atoms with E-state index in [1.54, 1.807) is 7.05 Å². The topological polar surface area (TPSA) is 74.4 Å². The fourth-order valence-electron chi connectivity index (χ4n) is 3.81. The van der Waals surface area contributed by atoms with E-state index in [-0.39, 0.29) is 30.6 Å². The standard InChI is InChI=1S/C21H32N4O4/c1-16-12-24(13-17(2)29-16)15-21(27)23(3)14-20(26)22-18-4-6-19(7-5-18)25-8-10-28-11-9-25/h4-7,16-17H,8-15H2,1-3H3,(H,22,26)/t16-,17-/m1/s1. The van der Waals surface area contributed by atoms with Crippen LogP contribution < -0.4 is 10.2 Å². The number of hydrogen-bond acceptors (Lipinski definition) is 6. The van der Waals surface area contributed by atoms with Crippen molar-refractivity contribution in [1.82, 2.24) is 9.80 Å². The van der Waals surface area contributed by atoms with Crippen molar-refractivity contribution in [2.24, 2.45) is 0 Å². The van der Waals surface area contributed by atoms with Gasteiger partial charge in [0.25, 0.3) is 0 Å². The first-order valence-electron chi connectivity index (χ1n) is 10.2. The van der Waals surface area contributed by atoms with Gasteiger partial charge in [0.05, 0.1) is 38.5 Å². The van der Waals surface area contributed by atoms with Crippen LogP contribution in [-0.4, -0.2) is 93.4 Å². The molecule has 0 aliphatic carbocycles. The summed E-state index contributed by atoms with van der Waals surface area (Å²) in [6.07, 6.45) is 0.223. The lowest BCUT2D eigenvalue weighted by Crippen LogP contribution is -2.50. The molecule has 29 heavy (non-hydrogen) atoms. The molecule has 1 N–H and O–H groups in total. The predicted molar refractivity (Wildman–Crippen MR) is 112 cm³/mol. The average Bonchev–Trinajstić information content (AvgIpc) is 2.68. The Hall–Kier alpha value is -2.16. The monoisotopic (exact) mass is 404 g/mol. The molecular formula is C21H32N4O4. The Labute approximate surface area is 172 Å². The first kappa shape index (κ1) is 21.5. The number of carbonyl (C=O) groups excluding carboxylic acids is 2. The molecule has 0 aromatic heterocycles. The number of nitrogens with zero attached hydrogens (tertiary/aromatic N) is 3. The molecule has 2 heterocycles. The van der Waals surface area contributed by atoms with Crippen LogP contribution in [0.5, 0.6) is 0 Å². The zero-order valence-corrected chi connectivity index (χ0v) is 17.6. The summed E-state index contributed by atoms with van der Waals surface area (Å²) in [5.74, 6) is -0.271. The number of morpholine rings is 2. The third-order valence-electron chi connectivity index (χ3n) is 5.19. The number of rotatable bonds is 6. The van der Waals surface area contributed by atoms with Crippen molar-refractivity contribution < 1.29 is 19.1 Å². The molecule has 0 radical (unpaired) electrons. The smallest absolute Gasteiger partial charge is 0.243 e. The van der Waals surface area contributed by atoms with Gasteiger partial charge in [0, 0.05) is 44.6 Å². The highest BCUT2D eigenvalue weighted by Crippen LogP contribution is 2.19. The summed E-state index contributed by atoms with van der Waals surface area (Å²) < 4.78 is 11.1. The van der Waals surface area contributed by atoms with E-state index in [2.05, 4.69) is 15.1 Å². The third kappa shape index (κ3) is 6.42. The summed E-state index contributed by atoms with van der Waals surface area (Å²) in [5, 5.41) is 2.87. The molecule has 0 spiro atoms. The lowest BCUT2D eigenvalue weighted by atomic mass is 10.2. The second kappa shape index (κ2) is 10.0. The summed E-state index contributed by atoms with van der Waals surface area (Å²) >= 11 is 0. The zero-order chi connectivity index (χ0) is 20.8. The quantitative estimate of drug-likeness (QED) is 0.763. The molecule has 2 fully saturated rings. The summed E-state index contributed by atoms with van der Waals surface area (Å²) in [5.41, 5.74) is 1.84. The second-order valence-electron chi connectivity index (χ2n) is 7.90. The van der Waals surface area contributed by atoms with Crippen LogP contribution in [-0.2, 0) is 19.1 Å². The highest BCUT2D eigenvalue weighted by molar-refractivity contribution is 5.94. The minimum atomic E-state index is -0.205. The Bertz CT molecular complexity index is 680. The minimum absolute atomic E-state index is 0.0273. The maximum Gasteiger partial charge on any atom is 0.243 e. The number of nitrogens with one attached hydrogen (secondary N) is 1. The molecule has 1 aromatic carbocycles. The highest BCUT2D eigenvalue weighted by atomic mass is 16.5. The van der Waals surface area contributed by atoms with Crippen molar-refractivity contribution in [1.29, 1.82) is 0 Å². The van der Waals surface area contributed by atoms with E-state index >= 15 is 0 Å². The van der Waals surface area contributed by atoms with Gasteiger partial charge in [-0.05, 0) is 38.1 Å². The van der Waals surface area contributed by atoms with E-state index in [9.17, 15) is 9.59 Å². The van der Waals surface area contributed by atoms with E-state index in [1.165, 1.54) is 4.90 Å². The summed E-state index contributed by atoms with van der Waals surface area (Å²) in [6, 6.07) is 7.77. The summed E-state index contributed by atoms with van der Waals surface area (Å²) in [6.45, 7) is 9.02. The van der Waals surface area contributed by atoms with Gasteiger partial charge in [-0.2, -0.15) is 0 Å². The van der Waals surface area contributed by atoms with Gasteiger partial charge in [-0.1, -0.05) is 0 Å². The molecule has 0 bridgehead atoms. The number of carbonyl (C=O) groups is 2. The number of benzene rings is 1. The van der Waals surface area contributed by atoms with E-state index in [4.69, 9.17) is 9.47 Å². The Morgan fingerprint density at radius 2 is 1.72 bits per heavy atom. The molecule has 2 aliphatic rings. The van der Waals surface area contributed by atoms with Gasteiger partial charge in [-0.15, -0.1) is 0 Å². The van der Waals surface area contributed by atoms with E-state index in [0.29, 0.717) is 6.54 Å². The number of ether oxygens (including phenoxy) is 2. The molecule has 0 saturated carbocycles. The maximum atomic E-state index is 12.5. The number of anilines is 2. The van der Waals surface area contributed by atoms with Gasteiger partial charge < -0.3 is 24.6 Å². The van der Waals surface area contributed by atoms with Crippen LogP contribution in [0.25, 0.3) is 0 Å². The zero-order valence-electron chi connectivity index (χ0n) is 17.6. The minimum Gasteiger partial charge on any atom is -0.378 e. The van der Waals surface area contributed by atoms with Gasteiger partial charge in [0.15, 0.2) is 0 Å². The Morgan fingerprint density at radius 1 is 1.10 bits per heavy atom. The van der Waals surface area contributed by atoms with Crippen molar-refractivity contribution >= 4 is 23.2 Å². The molecule has 8 heteroatoms. The Balaban J connectivity index is 1.45. The lowest BCUT2D eigenvalue weighted by molar-refractivity contribution is -0.137. The summed E-state index contributed by atoms with van der Waals surface area (Å²) in [4.78, 5) is 30.6. The van der Waals surface area contributed by atoms with Crippen LogP contribution in [0.4, 0.5) is 11.4 Å². The van der Waals surface area contributed by atoms with Gasteiger partial charge in [-0.25, -0.2) is 0 Å². The van der Waals surface area contributed by atoms with Crippen LogP contribution in [0.3, 0.4) is 0 Å². The normalized spacial score (nSPS) is 22.9. The molecule has 2 atom stereocenters. The van der Waals surface area contributed by atoms with Crippen molar-refractivity contribution in [2.75, 3.05) is 69.7 Å². The van der Waals surface area contributed by atoms with Crippen LogP contribution in [0.15, 0.2) is 24.3 Å². The average molecular weight is 405 g/mol. The predicted octanol–water partition coefficient (Wildman–Crippen LogP) is 1.03. The SMILES string of the molecule is C[C@@H]1CN(CC(=O)N(C)CC(=O)Nc2ccc(N3CCOCC3)cc2)C[C@@H](C)O1. The van der Waals surface area contributed by atoms with E-state index < -0.39 is 0 Å². The largest absolute Gasteiger partial charge is 0.378 e. The molecule has 8 nitrogen and oxygen atoms in total. The molecule has 2 saturated heterocycles. The van der Waals surface area contributed by atoms with Crippen LogP contribution in [0.1, 0.15) is 13.8 Å². The molecule has 160 valence electrons. The Kier molecular flexibility index (Phi) is 7.46. The maximum absolute atomic E-state index is 12.5. The van der Waals surface area contributed by atoms with Gasteiger partial charge >= 0.3 is 0 Å². The fourth-order valence-corrected chi connectivity index (χ4v) is 3.81. The van der Waals surface area contributed by atoms with E-state index in [1.807, 2.05) is 38.1 Å². The van der Waals surface area contributed by atoms with Crippen molar-refractivity contribution in [2.45, 2.75) is 26.1 Å². The number of likely N-dealkylation sites (N-methyl/N-ethyl adjacent to an activating group) is 1. The first-order valence-corrected chi connectivity index (χ1v) is 10.2. The van der Waals surface area contributed by atoms with Gasteiger partial charge in [0.1, 0.15) is 0 Å². The molecule has 0 unspecified atom stereocenters. The molecule has 3 rings (SSSR count). The molecular weight excluding hydrogens is 372 g/mol. The molecule has 2 amide bonds. The van der Waals surface area contributed by atoms with Crippen molar-refractivity contribution in [3.8, 4) is 0 Å². The van der Waals surface area contributed by atoms with Crippen LogP contribution >= 0.6 is 0 Å². The van der Waals surface area contributed by atoms with Crippen molar-refractivity contribution in [3.05, 3.63) is 24.3 Å². The van der Waals surface area contributed by atoms with E-state index in [0.717, 1.165) is 50.8 Å². The lowest BCUT2D eigenvalue weighted by Gasteiger charge is -2.35.